The van der Waals surface area contributed by atoms with Gasteiger partial charge in [-0.2, -0.15) is 0 Å². The molecular weight excluding hydrogens is 918 g/mol. The SMILES string of the molecule is CC/C=C\C/C=C\C/C=C\C/C=C\C/C=C\CCCC(=O)OC(COC(=O)CCCCCCCCCCCCCCCCCC/C=C\C/C=C\C/C=C\CCCCCCC)COP(=O)([O-])OCC[N+](C)(C)C. The zero-order valence-corrected chi connectivity index (χ0v) is 47.7. The van der Waals surface area contributed by atoms with Crippen LogP contribution < -0.4 is 4.89 Å². The predicted octanol–water partition coefficient (Wildman–Crippen LogP) is 17.4. The van der Waals surface area contributed by atoms with Gasteiger partial charge in [0.1, 0.15) is 19.8 Å². The lowest BCUT2D eigenvalue weighted by atomic mass is 10.0. The summed E-state index contributed by atoms with van der Waals surface area (Å²) in [5.74, 6) is -0.904. The highest BCUT2D eigenvalue weighted by Crippen LogP contribution is 2.38. The van der Waals surface area contributed by atoms with E-state index >= 15 is 0 Å². The summed E-state index contributed by atoms with van der Waals surface area (Å²) >= 11 is 0. The van der Waals surface area contributed by atoms with Crippen molar-refractivity contribution in [3.63, 3.8) is 0 Å². The Balaban J connectivity index is 4.14. The summed E-state index contributed by atoms with van der Waals surface area (Å²) in [5.41, 5.74) is 0. The molecule has 0 fully saturated rings. The number of esters is 2. The minimum atomic E-state index is -4.65. The first-order valence-electron chi connectivity index (χ1n) is 28.9. The zero-order valence-electron chi connectivity index (χ0n) is 46.8. The highest BCUT2D eigenvalue weighted by atomic mass is 31.2. The van der Waals surface area contributed by atoms with Gasteiger partial charge >= 0.3 is 11.9 Å². The number of likely N-dealkylation sites (N-methyl/N-ethyl adjacent to an activating group) is 1. The lowest BCUT2D eigenvalue weighted by Gasteiger charge is -2.28. The summed E-state index contributed by atoms with van der Waals surface area (Å²) in [6, 6.07) is 0. The quantitative estimate of drug-likeness (QED) is 0.0195. The first kappa shape index (κ1) is 68.9. The summed E-state index contributed by atoms with van der Waals surface area (Å²) < 4.78 is 34.0. The molecule has 0 spiro atoms. The molecule has 0 saturated carbocycles. The minimum absolute atomic E-state index is 0.0455. The van der Waals surface area contributed by atoms with Crippen LogP contribution in [0.1, 0.15) is 232 Å². The molecule has 0 aliphatic heterocycles. The van der Waals surface area contributed by atoms with Gasteiger partial charge in [0.05, 0.1) is 27.7 Å². The van der Waals surface area contributed by atoms with Crippen LogP contribution in [0, 0.1) is 0 Å². The van der Waals surface area contributed by atoms with Crippen molar-refractivity contribution in [2.24, 2.45) is 0 Å². The number of phosphoric acid groups is 1. The monoisotopic (exact) mass is 1030 g/mol. The van der Waals surface area contributed by atoms with Gasteiger partial charge < -0.3 is 27.9 Å². The summed E-state index contributed by atoms with van der Waals surface area (Å²) in [6.45, 7) is 4.04. The number of phosphoric ester groups is 1. The number of hydrogen-bond acceptors (Lipinski definition) is 8. The van der Waals surface area contributed by atoms with Crippen LogP contribution in [0.15, 0.2) is 97.2 Å². The molecule has 0 saturated heterocycles. The van der Waals surface area contributed by atoms with Gasteiger partial charge in [-0.15, -0.1) is 0 Å². The molecule has 0 amide bonds. The average Bonchev–Trinajstić information content (AvgIpc) is 3.34. The number of quaternary nitrogens is 1. The zero-order chi connectivity index (χ0) is 52.7. The fourth-order valence-electron chi connectivity index (χ4n) is 7.64. The van der Waals surface area contributed by atoms with E-state index in [2.05, 4.69) is 105 Å². The number of hydrogen-bond donors (Lipinski definition) is 0. The van der Waals surface area contributed by atoms with Crippen molar-refractivity contribution >= 4 is 19.8 Å². The van der Waals surface area contributed by atoms with Crippen LogP contribution in [0.5, 0.6) is 0 Å². The standard InChI is InChI=1S/C62H108NO8P/c1-6-8-10-12-14-16-18-20-22-24-25-26-27-28-29-30-31-32-33-34-35-36-37-39-40-42-44-46-48-50-52-54-61(64)68-58-60(59-70-72(66,67)69-57-56-63(3,4)5)71-62(65)55-53-51-49-47-45-43-41-38-23-21-19-17-15-13-11-9-7-2/h9,11,15,17-18,20-21,23-25,27-28,41,43,47,49,60H,6-8,10,12-14,16,19,22,26,29-40,42,44-46,48,50-59H2,1-5H3/b11-9-,17-15-,20-18-,23-21-,25-24-,28-27-,43-41-,49-47-. The summed E-state index contributed by atoms with van der Waals surface area (Å²) in [6.07, 6.45) is 71.9. The molecule has 0 aliphatic rings. The number of carbonyl (C=O) groups is 2. The van der Waals surface area contributed by atoms with Gasteiger partial charge in [-0.1, -0.05) is 227 Å². The second kappa shape index (κ2) is 52.8. The number of unbranched alkanes of at least 4 members (excludes halogenated alkanes) is 22. The fraction of sp³-hybridized carbons (Fsp3) is 0.710. The van der Waals surface area contributed by atoms with E-state index in [1.807, 2.05) is 27.2 Å². The highest BCUT2D eigenvalue weighted by Gasteiger charge is 2.21. The van der Waals surface area contributed by atoms with E-state index in [-0.39, 0.29) is 26.1 Å². The molecule has 72 heavy (non-hydrogen) atoms. The van der Waals surface area contributed by atoms with Crippen molar-refractivity contribution in [3.05, 3.63) is 97.2 Å². The topological polar surface area (TPSA) is 111 Å². The van der Waals surface area contributed by atoms with Crippen molar-refractivity contribution < 1.29 is 42.1 Å². The smallest absolute Gasteiger partial charge is 0.306 e. The van der Waals surface area contributed by atoms with Crippen molar-refractivity contribution in [3.8, 4) is 0 Å². The third-order valence-corrected chi connectivity index (χ3v) is 13.1. The molecule has 0 radical (unpaired) electrons. The van der Waals surface area contributed by atoms with E-state index in [9.17, 15) is 19.0 Å². The van der Waals surface area contributed by atoms with Gasteiger partial charge in [0, 0.05) is 12.8 Å². The molecule has 0 aromatic heterocycles. The number of carbonyl (C=O) groups excluding carboxylic acids is 2. The van der Waals surface area contributed by atoms with E-state index < -0.39 is 32.5 Å². The van der Waals surface area contributed by atoms with Crippen LogP contribution in [0.4, 0.5) is 0 Å². The molecule has 0 bridgehead atoms. The maximum absolute atomic E-state index is 12.7. The molecule has 9 nitrogen and oxygen atoms in total. The number of ether oxygens (including phenoxy) is 2. The summed E-state index contributed by atoms with van der Waals surface area (Å²) in [4.78, 5) is 37.8. The Labute approximate surface area is 443 Å². The molecule has 0 rings (SSSR count). The van der Waals surface area contributed by atoms with Crippen LogP contribution in [0.3, 0.4) is 0 Å². The van der Waals surface area contributed by atoms with Crippen LogP contribution in [-0.2, 0) is 32.7 Å². The van der Waals surface area contributed by atoms with Crippen molar-refractivity contribution in [1.29, 1.82) is 0 Å². The number of nitrogens with zero attached hydrogens (tertiary/aromatic N) is 1. The fourth-order valence-corrected chi connectivity index (χ4v) is 8.37. The number of allylic oxidation sites excluding steroid dienone is 16. The van der Waals surface area contributed by atoms with Crippen molar-refractivity contribution in [2.75, 3.05) is 47.5 Å². The summed E-state index contributed by atoms with van der Waals surface area (Å²) in [7, 11) is 1.12. The van der Waals surface area contributed by atoms with Crippen molar-refractivity contribution in [2.45, 2.75) is 238 Å². The second-order valence-electron chi connectivity index (χ2n) is 20.3. The van der Waals surface area contributed by atoms with E-state index in [1.165, 1.54) is 128 Å². The molecular formula is C62H108NO8P. The first-order valence-corrected chi connectivity index (χ1v) is 30.4. The van der Waals surface area contributed by atoms with Crippen LogP contribution in [0.25, 0.3) is 0 Å². The van der Waals surface area contributed by atoms with Crippen LogP contribution in [0.2, 0.25) is 0 Å². The van der Waals surface area contributed by atoms with Crippen molar-refractivity contribution in [1.82, 2.24) is 0 Å². The van der Waals surface area contributed by atoms with E-state index in [0.717, 1.165) is 64.2 Å². The predicted molar refractivity (Wildman–Crippen MR) is 305 cm³/mol. The molecule has 414 valence electrons. The Morgan fingerprint density at radius 2 is 0.806 bits per heavy atom. The highest BCUT2D eigenvalue weighted by molar-refractivity contribution is 7.45. The molecule has 10 heteroatoms. The lowest BCUT2D eigenvalue weighted by Crippen LogP contribution is -2.37. The van der Waals surface area contributed by atoms with Gasteiger partial charge in [-0.25, -0.2) is 0 Å². The Kier molecular flexibility index (Phi) is 50.5. The number of rotatable bonds is 52. The Bertz CT molecular complexity index is 1540. The molecule has 2 unspecified atom stereocenters. The maximum atomic E-state index is 12.7. The Morgan fingerprint density at radius 1 is 0.444 bits per heavy atom. The summed E-state index contributed by atoms with van der Waals surface area (Å²) in [5, 5.41) is 0. The van der Waals surface area contributed by atoms with E-state index in [1.54, 1.807) is 0 Å². The second-order valence-corrected chi connectivity index (χ2v) is 21.7. The molecule has 0 aliphatic carbocycles. The average molecular weight is 1030 g/mol. The van der Waals surface area contributed by atoms with Gasteiger partial charge in [-0.3, -0.25) is 14.2 Å². The molecule has 0 heterocycles. The van der Waals surface area contributed by atoms with E-state index in [0.29, 0.717) is 23.9 Å². The molecule has 0 aromatic carbocycles. The largest absolute Gasteiger partial charge is 0.756 e. The minimum Gasteiger partial charge on any atom is -0.756 e. The Hall–Kier alpha value is -3.07. The lowest BCUT2D eigenvalue weighted by molar-refractivity contribution is -0.870. The van der Waals surface area contributed by atoms with Gasteiger partial charge in [0.15, 0.2) is 6.10 Å². The van der Waals surface area contributed by atoms with Crippen LogP contribution in [-0.4, -0.2) is 70.0 Å². The normalized spacial score (nSPS) is 14.0. The van der Waals surface area contributed by atoms with Gasteiger partial charge in [-0.05, 0) is 89.9 Å². The molecule has 2 atom stereocenters. The van der Waals surface area contributed by atoms with Gasteiger partial charge in [0.25, 0.3) is 7.82 Å². The first-order chi connectivity index (χ1) is 35.0. The van der Waals surface area contributed by atoms with Gasteiger partial charge in [0.2, 0.25) is 0 Å². The molecule has 0 N–H and O–H groups in total. The third kappa shape index (κ3) is 56.2. The Morgan fingerprint density at radius 3 is 1.22 bits per heavy atom. The third-order valence-electron chi connectivity index (χ3n) is 12.1. The molecule has 0 aromatic rings. The maximum Gasteiger partial charge on any atom is 0.306 e. The van der Waals surface area contributed by atoms with Crippen LogP contribution >= 0.6 is 7.82 Å². The van der Waals surface area contributed by atoms with E-state index in [4.69, 9.17) is 18.5 Å².